The van der Waals surface area contributed by atoms with E-state index in [1.165, 1.54) is 0 Å². The number of hydrogen-bond donors (Lipinski definition) is 1. The van der Waals surface area contributed by atoms with Crippen molar-refractivity contribution in [3.05, 3.63) is 65.9 Å². The van der Waals surface area contributed by atoms with Crippen molar-refractivity contribution in [2.24, 2.45) is 0 Å². The third-order valence-corrected chi connectivity index (χ3v) is 4.32. The first-order chi connectivity index (χ1) is 11.6. The van der Waals surface area contributed by atoms with Crippen molar-refractivity contribution in [2.75, 3.05) is 12.3 Å². The molecule has 0 radical (unpaired) electrons. The Balaban J connectivity index is 1.78. The van der Waals surface area contributed by atoms with Crippen LogP contribution in [-0.4, -0.2) is 17.4 Å². The van der Waals surface area contributed by atoms with Crippen LogP contribution in [0.1, 0.15) is 31.2 Å². The van der Waals surface area contributed by atoms with Crippen LogP contribution < -0.4 is 5.73 Å². The predicted octanol–water partition coefficient (Wildman–Crippen LogP) is 4.17. The standard InChI is InChI=1S/C20H22N2O2/c1-3-22(20(23)12-15-8-10-17(21)11-9-15)14(2)19-13-16-6-4-5-7-18(16)24-19/h4-11,13-14H,3,12,21H2,1-2H3. The molecule has 2 N–H and O–H groups in total. The average Bonchev–Trinajstić information content (AvgIpc) is 3.01. The Bertz CT molecular complexity index is 803. The van der Waals surface area contributed by atoms with Gasteiger partial charge in [0.1, 0.15) is 11.3 Å². The minimum Gasteiger partial charge on any atom is -0.459 e. The Labute approximate surface area is 141 Å². The highest BCUT2D eigenvalue weighted by Crippen LogP contribution is 2.27. The van der Waals surface area contributed by atoms with Gasteiger partial charge in [0.15, 0.2) is 0 Å². The van der Waals surface area contributed by atoms with Gasteiger partial charge in [-0.1, -0.05) is 30.3 Å². The number of rotatable bonds is 5. The summed E-state index contributed by atoms with van der Waals surface area (Å²) in [5.41, 5.74) is 8.21. The van der Waals surface area contributed by atoms with Crippen molar-refractivity contribution in [3.8, 4) is 0 Å². The lowest BCUT2D eigenvalue weighted by atomic mass is 10.1. The van der Waals surface area contributed by atoms with Gasteiger partial charge in [0.25, 0.3) is 0 Å². The van der Waals surface area contributed by atoms with Crippen LogP contribution in [0.2, 0.25) is 0 Å². The number of nitrogen functional groups attached to an aromatic ring is 1. The molecule has 24 heavy (non-hydrogen) atoms. The Hall–Kier alpha value is -2.75. The molecule has 0 spiro atoms. The van der Waals surface area contributed by atoms with Gasteiger partial charge in [-0.05, 0) is 43.7 Å². The predicted molar refractivity (Wildman–Crippen MR) is 96.6 cm³/mol. The summed E-state index contributed by atoms with van der Waals surface area (Å²) in [6.07, 6.45) is 0.360. The highest BCUT2D eigenvalue weighted by Gasteiger charge is 2.23. The maximum absolute atomic E-state index is 12.7. The Morgan fingerprint density at radius 1 is 1.17 bits per heavy atom. The van der Waals surface area contributed by atoms with E-state index in [-0.39, 0.29) is 11.9 Å². The van der Waals surface area contributed by atoms with Crippen LogP contribution in [0, 0.1) is 0 Å². The molecule has 0 aliphatic carbocycles. The molecule has 4 heteroatoms. The van der Waals surface area contributed by atoms with Crippen LogP contribution in [-0.2, 0) is 11.2 Å². The lowest BCUT2D eigenvalue weighted by Crippen LogP contribution is -2.34. The van der Waals surface area contributed by atoms with Crippen LogP contribution in [0.3, 0.4) is 0 Å². The van der Waals surface area contributed by atoms with E-state index in [0.29, 0.717) is 18.7 Å². The number of hydrogen-bond acceptors (Lipinski definition) is 3. The summed E-state index contributed by atoms with van der Waals surface area (Å²) in [5, 5.41) is 1.06. The largest absolute Gasteiger partial charge is 0.459 e. The fourth-order valence-corrected chi connectivity index (χ4v) is 2.94. The van der Waals surface area contributed by atoms with E-state index in [9.17, 15) is 4.79 Å². The van der Waals surface area contributed by atoms with Crippen molar-refractivity contribution >= 4 is 22.6 Å². The zero-order valence-corrected chi connectivity index (χ0v) is 14.0. The topological polar surface area (TPSA) is 59.5 Å². The highest BCUT2D eigenvalue weighted by atomic mass is 16.3. The summed E-state index contributed by atoms with van der Waals surface area (Å²) in [7, 11) is 0. The number of likely N-dealkylation sites (N-methyl/N-ethyl adjacent to an activating group) is 1. The molecule has 2 aromatic carbocycles. The van der Waals surface area contributed by atoms with Crippen molar-refractivity contribution in [1.82, 2.24) is 4.90 Å². The molecule has 1 amide bonds. The molecule has 4 nitrogen and oxygen atoms in total. The molecule has 0 bridgehead atoms. The Morgan fingerprint density at radius 3 is 2.54 bits per heavy atom. The first kappa shape index (κ1) is 16.1. The van der Waals surface area contributed by atoms with Crippen molar-refractivity contribution in [3.63, 3.8) is 0 Å². The Morgan fingerprint density at radius 2 is 1.88 bits per heavy atom. The van der Waals surface area contributed by atoms with Crippen LogP contribution in [0.25, 0.3) is 11.0 Å². The number of amides is 1. The number of fused-ring (bicyclic) bond motifs is 1. The van der Waals surface area contributed by atoms with Crippen molar-refractivity contribution < 1.29 is 9.21 Å². The molecule has 0 aliphatic heterocycles. The lowest BCUT2D eigenvalue weighted by Gasteiger charge is -2.26. The second kappa shape index (κ2) is 6.79. The zero-order valence-electron chi connectivity index (χ0n) is 14.0. The van der Waals surface area contributed by atoms with Gasteiger partial charge in [0.05, 0.1) is 12.5 Å². The van der Waals surface area contributed by atoms with Crippen molar-refractivity contribution in [1.29, 1.82) is 0 Å². The summed E-state index contributed by atoms with van der Waals surface area (Å²) in [4.78, 5) is 14.6. The molecule has 124 valence electrons. The fourth-order valence-electron chi connectivity index (χ4n) is 2.94. The number of para-hydroxylation sites is 1. The zero-order chi connectivity index (χ0) is 17.1. The SMILES string of the molecule is CCN(C(=O)Cc1ccc(N)cc1)C(C)c1cc2ccccc2o1. The second-order valence-corrected chi connectivity index (χ2v) is 5.96. The van der Waals surface area contributed by atoms with E-state index in [4.69, 9.17) is 10.2 Å². The van der Waals surface area contributed by atoms with Gasteiger partial charge >= 0.3 is 0 Å². The van der Waals surface area contributed by atoms with Gasteiger partial charge in [-0.15, -0.1) is 0 Å². The van der Waals surface area contributed by atoms with E-state index in [1.54, 1.807) is 0 Å². The molecule has 0 saturated heterocycles. The van der Waals surface area contributed by atoms with E-state index >= 15 is 0 Å². The van der Waals surface area contributed by atoms with Gasteiger partial charge in [0, 0.05) is 17.6 Å². The van der Waals surface area contributed by atoms with Crippen LogP contribution in [0.4, 0.5) is 5.69 Å². The maximum atomic E-state index is 12.7. The number of furan rings is 1. The quantitative estimate of drug-likeness (QED) is 0.717. The summed E-state index contributed by atoms with van der Waals surface area (Å²) >= 11 is 0. The molecule has 3 aromatic rings. The van der Waals surface area contributed by atoms with E-state index in [2.05, 4.69) is 0 Å². The van der Waals surface area contributed by atoms with Crippen LogP contribution >= 0.6 is 0 Å². The van der Waals surface area contributed by atoms with Crippen molar-refractivity contribution in [2.45, 2.75) is 26.3 Å². The van der Waals surface area contributed by atoms with Gasteiger partial charge in [-0.2, -0.15) is 0 Å². The molecule has 1 atom stereocenters. The Kier molecular flexibility index (Phi) is 4.56. The summed E-state index contributed by atoms with van der Waals surface area (Å²) < 4.78 is 5.92. The minimum atomic E-state index is -0.108. The summed E-state index contributed by atoms with van der Waals surface area (Å²) in [5.74, 6) is 0.888. The number of anilines is 1. The van der Waals surface area contributed by atoms with Gasteiger partial charge in [0.2, 0.25) is 5.91 Å². The number of carbonyl (C=O) groups is 1. The first-order valence-electron chi connectivity index (χ1n) is 8.21. The minimum absolute atomic E-state index is 0.0789. The number of nitrogens with two attached hydrogens (primary N) is 1. The number of benzene rings is 2. The summed E-state index contributed by atoms with van der Waals surface area (Å²) in [6, 6.07) is 17.2. The van der Waals surface area contributed by atoms with Gasteiger partial charge in [-0.25, -0.2) is 0 Å². The molecule has 0 aliphatic rings. The molecule has 3 rings (SSSR count). The third kappa shape index (κ3) is 3.27. The second-order valence-electron chi connectivity index (χ2n) is 5.96. The van der Waals surface area contributed by atoms with Crippen LogP contribution in [0.5, 0.6) is 0 Å². The molecule has 1 aromatic heterocycles. The molecule has 1 heterocycles. The van der Waals surface area contributed by atoms with E-state index < -0.39 is 0 Å². The van der Waals surface area contributed by atoms with Gasteiger partial charge in [-0.3, -0.25) is 4.79 Å². The third-order valence-electron chi connectivity index (χ3n) is 4.32. The number of carbonyl (C=O) groups excluding carboxylic acids is 1. The molecular formula is C20H22N2O2. The molecule has 1 unspecified atom stereocenters. The smallest absolute Gasteiger partial charge is 0.227 e. The van der Waals surface area contributed by atoms with E-state index in [0.717, 1.165) is 22.3 Å². The monoisotopic (exact) mass is 322 g/mol. The molecule has 0 fully saturated rings. The maximum Gasteiger partial charge on any atom is 0.227 e. The lowest BCUT2D eigenvalue weighted by molar-refractivity contribution is -0.132. The highest BCUT2D eigenvalue weighted by molar-refractivity contribution is 5.80. The van der Waals surface area contributed by atoms with E-state index in [1.807, 2.05) is 73.3 Å². The normalized spacial score (nSPS) is 12.2. The fraction of sp³-hybridized carbons (Fsp3) is 0.250. The number of nitrogens with zero attached hydrogens (tertiary/aromatic N) is 1. The molecule has 0 saturated carbocycles. The first-order valence-corrected chi connectivity index (χ1v) is 8.21. The summed E-state index contributed by atoms with van der Waals surface area (Å²) in [6.45, 7) is 4.62. The van der Waals surface area contributed by atoms with Crippen LogP contribution in [0.15, 0.2) is 59.0 Å². The van der Waals surface area contributed by atoms with Gasteiger partial charge < -0.3 is 15.1 Å². The molecular weight excluding hydrogens is 300 g/mol. The average molecular weight is 322 g/mol.